The highest BCUT2D eigenvalue weighted by molar-refractivity contribution is 5.68. The van der Waals surface area contributed by atoms with Gasteiger partial charge in [0.2, 0.25) is 0 Å². The molecule has 0 amide bonds. The van der Waals surface area contributed by atoms with Crippen molar-refractivity contribution in [2.45, 2.75) is 33.1 Å². The van der Waals surface area contributed by atoms with Crippen molar-refractivity contribution in [2.75, 3.05) is 0 Å². The Bertz CT molecular complexity index is 529. The van der Waals surface area contributed by atoms with Gasteiger partial charge in [-0.1, -0.05) is 43.7 Å². The topological polar surface area (TPSA) is 20.2 Å². The van der Waals surface area contributed by atoms with E-state index >= 15 is 0 Å². The van der Waals surface area contributed by atoms with Crippen LogP contribution in [0.5, 0.6) is 5.75 Å². The van der Waals surface area contributed by atoms with E-state index in [1.165, 1.54) is 29.5 Å². The lowest BCUT2D eigenvalue weighted by atomic mass is 9.97. The zero-order chi connectivity index (χ0) is 13.0. The van der Waals surface area contributed by atoms with Gasteiger partial charge in [-0.15, -0.1) is 0 Å². The first-order valence-corrected chi connectivity index (χ1v) is 6.59. The van der Waals surface area contributed by atoms with E-state index in [9.17, 15) is 5.11 Å². The standard InChI is InChI=1S/C17H20O/c1-3-4-6-14-7-5-8-15(12-14)17-10-9-16(18)11-13(17)2/h5,7-12,18H,3-4,6H2,1-2H3. The number of aryl methyl sites for hydroxylation is 2. The minimum absolute atomic E-state index is 0.332. The normalized spacial score (nSPS) is 10.6. The Hall–Kier alpha value is -1.76. The average molecular weight is 240 g/mol. The number of rotatable bonds is 4. The zero-order valence-electron chi connectivity index (χ0n) is 11.1. The molecule has 1 nitrogen and oxygen atoms in total. The van der Waals surface area contributed by atoms with Gasteiger partial charge in [0.05, 0.1) is 0 Å². The number of aromatic hydroxyl groups is 1. The summed E-state index contributed by atoms with van der Waals surface area (Å²) in [6, 6.07) is 14.3. The van der Waals surface area contributed by atoms with Gasteiger partial charge in [0.25, 0.3) is 0 Å². The molecule has 0 spiro atoms. The van der Waals surface area contributed by atoms with Crippen molar-refractivity contribution >= 4 is 0 Å². The summed E-state index contributed by atoms with van der Waals surface area (Å²) >= 11 is 0. The van der Waals surface area contributed by atoms with Crippen molar-refractivity contribution in [3.8, 4) is 16.9 Å². The minimum Gasteiger partial charge on any atom is -0.508 e. The molecule has 2 aromatic carbocycles. The summed E-state index contributed by atoms with van der Waals surface area (Å²) < 4.78 is 0. The van der Waals surface area contributed by atoms with Crippen molar-refractivity contribution in [3.05, 3.63) is 53.6 Å². The Kier molecular flexibility index (Phi) is 4.03. The van der Waals surface area contributed by atoms with Gasteiger partial charge in [-0.3, -0.25) is 0 Å². The fourth-order valence-corrected chi connectivity index (χ4v) is 2.25. The Morgan fingerprint density at radius 3 is 2.61 bits per heavy atom. The summed E-state index contributed by atoms with van der Waals surface area (Å²) in [7, 11) is 0. The second-order valence-electron chi connectivity index (χ2n) is 4.80. The SMILES string of the molecule is CCCCc1cccc(-c2ccc(O)cc2C)c1. The molecule has 0 atom stereocenters. The summed E-state index contributed by atoms with van der Waals surface area (Å²) in [6.45, 7) is 4.25. The van der Waals surface area contributed by atoms with Gasteiger partial charge in [-0.05, 0) is 54.2 Å². The molecule has 0 aliphatic rings. The van der Waals surface area contributed by atoms with Gasteiger partial charge < -0.3 is 5.11 Å². The van der Waals surface area contributed by atoms with Crippen molar-refractivity contribution in [1.82, 2.24) is 0 Å². The van der Waals surface area contributed by atoms with E-state index in [0.29, 0.717) is 5.75 Å². The van der Waals surface area contributed by atoms with Crippen LogP contribution >= 0.6 is 0 Å². The van der Waals surface area contributed by atoms with E-state index in [-0.39, 0.29) is 0 Å². The molecule has 0 aliphatic carbocycles. The molecule has 0 aromatic heterocycles. The van der Waals surface area contributed by atoms with E-state index in [0.717, 1.165) is 12.0 Å². The molecule has 18 heavy (non-hydrogen) atoms. The largest absolute Gasteiger partial charge is 0.508 e. The van der Waals surface area contributed by atoms with E-state index in [4.69, 9.17) is 0 Å². The lowest BCUT2D eigenvalue weighted by Crippen LogP contribution is -1.88. The van der Waals surface area contributed by atoms with Crippen LogP contribution in [-0.2, 0) is 6.42 Å². The number of hydrogen-bond acceptors (Lipinski definition) is 1. The monoisotopic (exact) mass is 240 g/mol. The summed E-state index contributed by atoms with van der Waals surface area (Å²) in [5.74, 6) is 0.332. The molecule has 0 saturated carbocycles. The molecule has 0 saturated heterocycles. The van der Waals surface area contributed by atoms with Crippen LogP contribution in [0.2, 0.25) is 0 Å². The Morgan fingerprint density at radius 1 is 1.06 bits per heavy atom. The predicted molar refractivity (Wildman–Crippen MR) is 76.9 cm³/mol. The van der Waals surface area contributed by atoms with Crippen LogP contribution in [0.4, 0.5) is 0 Å². The molecule has 1 N–H and O–H groups in total. The van der Waals surface area contributed by atoms with E-state index in [2.05, 4.69) is 31.2 Å². The minimum atomic E-state index is 0.332. The van der Waals surface area contributed by atoms with Crippen molar-refractivity contribution in [1.29, 1.82) is 0 Å². The number of phenolic OH excluding ortho intramolecular Hbond substituents is 1. The Balaban J connectivity index is 2.32. The quantitative estimate of drug-likeness (QED) is 0.820. The van der Waals surface area contributed by atoms with Gasteiger partial charge in [-0.2, -0.15) is 0 Å². The predicted octanol–water partition coefficient (Wildman–Crippen LogP) is 4.71. The molecule has 0 unspecified atom stereocenters. The van der Waals surface area contributed by atoms with Gasteiger partial charge in [0.15, 0.2) is 0 Å². The first-order chi connectivity index (χ1) is 8.70. The smallest absolute Gasteiger partial charge is 0.115 e. The molecular formula is C17H20O. The third kappa shape index (κ3) is 2.92. The van der Waals surface area contributed by atoms with Crippen molar-refractivity contribution in [3.63, 3.8) is 0 Å². The summed E-state index contributed by atoms with van der Waals surface area (Å²) in [6.07, 6.45) is 3.60. The summed E-state index contributed by atoms with van der Waals surface area (Å²) in [5.41, 5.74) is 4.94. The molecule has 0 bridgehead atoms. The van der Waals surface area contributed by atoms with Gasteiger partial charge >= 0.3 is 0 Å². The summed E-state index contributed by atoms with van der Waals surface area (Å²) in [4.78, 5) is 0. The van der Waals surface area contributed by atoms with Crippen LogP contribution in [0, 0.1) is 6.92 Å². The number of phenols is 1. The third-order valence-electron chi connectivity index (χ3n) is 3.27. The molecular weight excluding hydrogens is 220 g/mol. The highest BCUT2D eigenvalue weighted by Gasteiger charge is 2.03. The van der Waals surface area contributed by atoms with E-state index in [1.807, 2.05) is 19.1 Å². The molecule has 0 radical (unpaired) electrons. The highest BCUT2D eigenvalue weighted by Crippen LogP contribution is 2.27. The Morgan fingerprint density at radius 2 is 1.89 bits per heavy atom. The van der Waals surface area contributed by atoms with Crippen LogP contribution < -0.4 is 0 Å². The van der Waals surface area contributed by atoms with E-state index < -0.39 is 0 Å². The number of unbranched alkanes of at least 4 members (excludes halogenated alkanes) is 1. The maximum absolute atomic E-state index is 9.46. The second-order valence-corrected chi connectivity index (χ2v) is 4.80. The molecule has 2 rings (SSSR count). The average Bonchev–Trinajstić information content (AvgIpc) is 2.36. The zero-order valence-corrected chi connectivity index (χ0v) is 11.1. The van der Waals surface area contributed by atoms with E-state index in [1.54, 1.807) is 6.07 Å². The molecule has 0 fully saturated rings. The molecule has 2 aromatic rings. The molecule has 94 valence electrons. The van der Waals surface area contributed by atoms with Gasteiger partial charge in [-0.25, -0.2) is 0 Å². The third-order valence-corrected chi connectivity index (χ3v) is 3.27. The van der Waals surface area contributed by atoms with Crippen LogP contribution in [0.3, 0.4) is 0 Å². The van der Waals surface area contributed by atoms with Crippen LogP contribution in [0.25, 0.3) is 11.1 Å². The van der Waals surface area contributed by atoms with Crippen LogP contribution in [0.1, 0.15) is 30.9 Å². The maximum atomic E-state index is 9.46. The molecule has 1 heteroatoms. The Labute approximate surface area is 109 Å². The molecule has 0 heterocycles. The van der Waals surface area contributed by atoms with Crippen molar-refractivity contribution < 1.29 is 5.11 Å². The fourth-order valence-electron chi connectivity index (χ4n) is 2.25. The lowest BCUT2D eigenvalue weighted by Gasteiger charge is -2.08. The number of hydrogen-bond donors (Lipinski definition) is 1. The maximum Gasteiger partial charge on any atom is 0.115 e. The second kappa shape index (κ2) is 5.72. The van der Waals surface area contributed by atoms with Crippen molar-refractivity contribution in [2.24, 2.45) is 0 Å². The lowest BCUT2D eigenvalue weighted by molar-refractivity contribution is 0.475. The summed E-state index contributed by atoms with van der Waals surface area (Å²) in [5, 5.41) is 9.46. The highest BCUT2D eigenvalue weighted by atomic mass is 16.3. The number of benzene rings is 2. The van der Waals surface area contributed by atoms with Gasteiger partial charge in [0, 0.05) is 0 Å². The first kappa shape index (κ1) is 12.7. The molecule has 0 aliphatic heterocycles. The fraction of sp³-hybridized carbons (Fsp3) is 0.294. The van der Waals surface area contributed by atoms with Crippen LogP contribution in [-0.4, -0.2) is 5.11 Å². The van der Waals surface area contributed by atoms with Gasteiger partial charge in [0.1, 0.15) is 5.75 Å². The first-order valence-electron chi connectivity index (χ1n) is 6.59. The van der Waals surface area contributed by atoms with Crippen LogP contribution in [0.15, 0.2) is 42.5 Å².